The van der Waals surface area contributed by atoms with Gasteiger partial charge < -0.3 is 35.5 Å². The molecule has 1 aromatic carbocycles. The summed E-state index contributed by atoms with van der Waals surface area (Å²) in [6.07, 6.45) is 0.337. The van der Waals surface area contributed by atoms with Gasteiger partial charge in [0.1, 0.15) is 11.7 Å². The van der Waals surface area contributed by atoms with Crippen LogP contribution in [0.4, 0.5) is 13.2 Å². The highest BCUT2D eigenvalue weighted by Gasteiger charge is 2.38. The zero-order valence-corrected chi connectivity index (χ0v) is 31.8. The number of pyridine rings is 3. The van der Waals surface area contributed by atoms with E-state index in [1.54, 1.807) is 19.4 Å². The lowest BCUT2D eigenvalue weighted by Crippen LogP contribution is -2.35. The van der Waals surface area contributed by atoms with Crippen LogP contribution < -0.4 is 35.5 Å². The number of fused-ring (bicyclic) bond motifs is 1. The maximum absolute atomic E-state index is 14.5. The minimum atomic E-state index is -4.75. The summed E-state index contributed by atoms with van der Waals surface area (Å²) in [6.45, 7) is 1.58. The number of nitrogens with one attached hydrogen (secondary N) is 4. The van der Waals surface area contributed by atoms with E-state index in [2.05, 4.69) is 31.2 Å². The second-order valence-corrected chi connectivity index (χ2v) is 14.5. The smallest absolute Gasteiger partial charge is 0.421 e. The van der Waals surface area contributed by atoms with Crippen molar-refractivity contribution in [3.05, 3.63) is 81.5 Å². The molecule has 56 heavy (non-hydrogen) atoms. The molecule has 2 amide bonds. The summed E-state index contributed by atoms with van der Waals surface area (Å²) in [6, 6.07) is 12.2. The number of ether oxygens (including phenoxy) is 3. The lowest BCUT2D eigenvalue weighted by atomic mass is 9.85. The van der Waals surface area contributed by atoms with Crippen LogP contribution in [-0.4, -0.2) is 66.2 Å². The minimum absolute atomic E-state index is 0.0159. The monoisotopic (exact) mass is 793 g/mol. The van der Waals surface area contributed by atoms with Gasteiger partial charge in [-0.2, -0.15) is 18.2 Å². The number of amides is 2. The van der Waals surface area contributed by atoms with Gasteiger partial charge in [-0.3, -0.25) is 14.6 Å². The Labute approximate surface area is 327 Å². The quantitative estimate of drug-likeness (QED) is 0.118. The van der Waals surface area contributed by atoms with Crippen molar-refractivity contribution in [2.24, 2.45) is 0 Å². The molecule has 2 saturated heterocycles. The van der Waals surface area contributed by atoms with Crippen LogP contribution in [0.3, 0.4) is 0 Å². The van der Waals surface area contributed by atoms with Crippen molar-refractivity contribution in [2.75, 3.05) is 27.3 Å². The predicted molar refractivity (Wildman–Crippen MR) is 202 cm³/mol. The third kappa shape index (κ3) is 8.69. The van der Waals surface area contributed by atoms with Gasteiger partial charge in [0.05, 0.1) is 30.6 Å². The van der Waals surface area contributed by atoms with Crippen molar-refractivity contribution < 1.29 is 37.0 Å². The molecule has 16 heteroatoms. The number of nitrogens with zero attached hydrogens (tertiary/aromatic N) is 3. The Morgan fingerprint density at radius 2 is 1.50 bits per heavy atom. The number of benzene rings is 1. The van der Waals surface area contributed by atoms with Crippen LogP contribution in [-0.2, 0) is 35.3 Å². The Balaban J connectivity index is 1.12. The molecule has 4 N–H and O–H groups in total. The van der Waals surface area contributed by atoms with E-state index in [1.807, 2.05) is 30.3 Å². The number of hydrogen-bond acceptors (Lipinski definition) is 10. The zero-order valence-electron chi connectivity index (χ0n) is 31.0. The summed E-state index contributed by atoms with van der Waals surface area (Å²) in [5, 5.41) is 12.6. The van der Waals surface area contributed by atoms with Gasteiger partial charge in [0, 0.05) is 79.6 Å². The van der Waals surface area contributed by atoms with Crippen molar-refractivity contribution in [2.45, 2.75) is 82.4 Å². The molecule has 7 rings (SSSR count). The molecule has 3 aromatic heterocycles. The van der Waals surface area contributed by atoms with Crippen LogP contribution in [0, 0.1) is 0 Å². The molecule has 0 saturated carbocycles. The first-order chi connectivity index (χ1) is 27.0. The fourth-order valence-corrected chi connectivity index (χ4v) is 7.90. The maximum atomic E-state index is 14.5. The van der Waals surface area contributed by atoms with Crippen molar-refractivity contribution >= 4 is 23.4 Å². The van der Waals surface area contributed by atoms with Gasteiger partial charge in [0.15, 0.2) is 0 Å². The highest BCUT2D eigenvalue weighted by Crippen LogP contribution is 2.44. The standard InChI is InChI=1S/C40H43ClF3N7O5/c1-54-37-22(18-45-20-24-10-13-33(52)48-24)9-12-31(50-37)29-15-16-47-36(35(29)41)28-7-3-6-27-26(28)5-4-8-32(27)56-39-30(40(42,43)44)17-23(38(51-39)55-2)19-46-21-25-11-14-34(53)49-25/h3,6-7,9,12,15-17,24-25,32,45-46H,4-5,8,10-11,13-14,18-21H2,1-2H3,(H,48,52)(H,49,53)/t24-,25+,32-/m1/s1. The lowest BCUT2D eigenvalue weighted by Gasteiger charge is -2.29. The average molecular weight is 794 g/mol. The molecule has 296 valence electrons. The molecule has 5 heterocycles. The van der Waals surface area contributed by atoms with E-state index in [9.17, 15) is 22.8 Å². The molecule has 2 fully saturated rings. The normalized spacial score (nSPS) is 19.4. The number of rotatable bonds is 14. The maximum Gasteiger partial charge on any atom is 0.421 e. The zero-order chi connectivity index (χ0) is 39.4. The second kappa shape index (κ2) is 17.0. The molecule has 4 aromatic rings. The van der Waals surface area contributed by atoms with E-state index in [-0.39, 0.29) is 41.9 Å². The Morgan fingerprint density at radius 3 is 2.14 bits per heavy atom. The van der Waals surface area contributed by atoms with E-state index in [4.69, 9.17) is 30.8 Å². The van der Waals surface area contributed by atoms with Gasteiger partial charge in [0.2, 0.25) is 29.5 Å². The first-order valence-corrected chi connectivity index (χ1v) is 19.0. The molecule has 2 aliphatic heterocycles. The third-order valence-electron chi connectivity index (χ3n) is 10.4. The highest BCUT2D eigenvalue weighted by atomic mass is 35.5. The van der Waals surface area contributed by atoms with E-state index >= 15 is 0 Å². The largest absolute Gasteiger partial charge is 0.481 e. The number of halogens is 4. The number of aromatic nitrogens is 3. The summed E-state index contributed by atoms with van der Waals surface area (Å²) in [5.41, 5.74) is 4.14. The van der Waals surface area contributed by atoms with Gasteiger partial charge in [-0.25, -0.2) is 4.98 Å². The van der Waals surface area contributed by atoms with Gasteiger partial charge in [-0.15, -0.1) is 0 Å². The van der Waals surface area contributed by atoms with Crippen LogP contribution in [0.15, 0.2) is 48.7 Å². The first kappa shape index (κ1) is 39.3. The average Bonchev–Trinajstić information content (AvgIpc) is 3.81. The molecular formula is C40H43ClF3N7O5. The summed E-state index contributed by atoms with van der Waals surface area (Å²) < 4.78 is 60.9. The topological polar surface area (TPSA) is 149 Å². The second-order valence-electron chi connectivity index (χ2n) is 14.1. The molecule has 12 nitrogen and oxygen atoms in total. The molecule has 0 radical (unpaired) electrons. The van der Waals surface area contributed by atoms with Crippen LogP contribution >= 0.6 is 11.6 Å². The summed E-state index contributed by atoms with van der Waals surface area (Å²) in [4.78, 5) is 36.7. The first-order valence-electron chi connectivity index (χ1n) is 18.6. The molecule has 0 spiro atoms. The van der Waals surface area contributed by atoms with Gasteiger partial charge in [-0.1, -0.05) is 35.9 Å². The fourth-order valence-electron chi connectivity index (χ4n) is 7.59. The van der Waals surface area contributed by atoms with E-state index in [1.165, 1.54) is 7.11 Å². The molecular weight excluding hydrogens is 751 g/mol. The number of carbonyl (C=O) groups excluding carboxylic acids is 2. The molecule has 1 aliphatic carbocycles. The Bertz CT molecular complexity index is 2100. The Morgan fingerprint density at radius 1 is 0.821 bits per heavy atom. The fraction of sp³-hybridized carbons (Fsp3) is 0.425. The Kier molecular flexibility index (Phi) is 11.9. The summed E-state index contributed by atoms with van der Waals surface area (Å²) >= 11 is 7.09. The summed E-state index contributed by atoms with van der Waals surface area (Å²) in [5.74, 6) is -0.0899. The van der Waals surface area contributed by atoms with Crippen LogP contribution in [0.5, 0.6) is 17.6 Å². The number of carbonyl (C=O) groups is 2. The third-order valence-corrected chi connectivity index (χ3v) is 10.7. The van der Waals surface area contributed by atoms with E-state index in [0.29, 0.717) is 86.0 Å². The van der Waals surface area contributed by atoms with Gasteiger partial charge >= 0.3 is 6.18 Å². The molecule has 0 bridgehead atoms. The van der Waals surface area contributed by atoms with Crippen LogP contribution in [0.2, 0.25) is 5.02 Å². The highest BCUT2D eigenvalue weighted by molar-refractivity contribution is 6.35. The minimum Gasteiger partial charge on any atom is -0.481 e. The summed E-state index contributed by atoms with van der Waals surface area (Å²) in [7, 11) is 2.90. The van der Waals surface area contributed by atoms with E-state index < -0.39 is 23.7 Å². The van der Waals surface area contributed by atoms with Crippen molar-refractivity contribution in [1.82, 2.24) is 36.2 Å². The number of alkyl halides is 3. The SMILES string of the molecule is COc1nc(-c2ccnc(-c3cccc4c3CCC[C@H]4Oc3nc(OC)c(CNC[C@@H]4CCC(=O)N4)cc3C(F)(F)F)c2Cl)ccc1CNC[C@H]1CCC(=O)N1. The molecule has 3 atom stereocenters. The van der Waals surface area contributed by atoms with Gasteiger partial charge in [0.25, 0.3) is 0 Å². The predicted octanol–water partition coefficient (Wildman–Crippen LogP) is 6.09. The number of methoxy groups -OCH3 is 2. The van der Waals surface area contributed by atoms with Crippen molar-refractivity contribution in [3.8, 4) is 40.2 Å². The lowest BCUT2D eigenvalue weighted by molar-refractivity contribution is -0.140. The molecule has 3 aliphatic rings. The van der Waals surface area contributed by atoms with Crippen LogP contribution in [0.1, 0.15) is 72.4 Å². The van der Waals surface area contributed by atoms with Gasteiger partial charge in [-0.05, 0) is 61.4 Å². The Hall–Kier alpha value is -4.99. The van der Waals surface area contributed by atoms with Crippen molar-refractivity contribution in [1.29, 1.82) is 0 Å². The van der Waals surface area contributed by atoms with Crippen LogP contribution in [0.25, 0.3) is 22.5 Å². The van der Waals surface area contributed by atoms with E-state index in [0.717, 1.165) is 34.7 Å². The van der Waals surface area contributed by atoms with Crippen molar-refractivity contribution in [3.63, 3.8) is 0 Å². The molecule has 0 unspecified atom stereocenters. The number of hydrogen-bond donors (Lipinski definition) is 4.